The number of hydrogen-bond acceptors (Lipinski definition) is 10. The number of benzene rings is 1. The topological polar surface area (TPSA) is 198 Å². The molecule has 0 bridgehead atoms. The molecule has 37 heavy (non-hydrogen) atoms. The maximum absolute atomic E-state index is 13.4. The molecule has 4 atom stereocenters. The second-order valence-corrected chi connectivity index (χ2v) is 9.29. The normalized spacial score (nSPS) is 30.5. The molecule has 0 aromatic heterocycles. The van der Waals surface area contributed by atoms with Crippen molar-refractivity contribution in [3.63, 3.8) is 0 Å². The maximum atomic E-state index is 13.4. The smallest absolute Gasteiger partial charge is 0.370 e. The van der Waals surface area contributed by atoms with Crippen LogP contribution in [0, 0.1) is 0 Å². The van der Waals surface area contributed by atoms with Crippen LogP contribution in [0.2, 0.25) is 0 Å². The summed E-state index contributed by atoms with van der Waals surface area (Å²) in [5.41, 5.74) is 8.21. The van der Waals surface area contributed by atoms with Crippen molar-refractivity contribution in [1.29, 1.82) is 0 Å². The number of guanidine groups is 2. The molecule has 9 N–H and O–H groups in total. The number of carbonyl (C=O) groups excluding carboxylic acids is 3. The van der Waals surface area contributed by atoms with E-state index in [1.54, 1.807) is 0 Å². The highest BCUT2D eigenvalue weighted by Crippen LogP contribution is 2.42. The van der Waals surface area contributed by atoms with E-state index in [2.05, 4.69) is 20.9 Å². The van der Waals surface area contributed by atoms with Crippen LogP contribution in [0.25, 0.3) is 0 Å². The first-order valence-corrected chi connectivity index (χ1v) is 11.3. The number of nitrogens with one attached hydrogen (secondary N) is 3. The van der Waals surface area contributed by atoms with Crippen molar-refractivity contribution in [3.05, 3.63) is 35.4 Å². The number of halogens is 3. The first-order chi connectivity index (χ1) is 17.3. The molecule has 1 aromatic rings. The van der Waals surface area contributed by atoms with Gasteiger partial charge in [-0.3, -0.25) is 30.3 Å². The number of aliphatic imine (C=N–C) groups is 1. The number of aliphatic hydroxyl groups is 2. The minimum atomic E-state index is -4.82. The third-order valence-electron chi connectivity index (χ3n) is 7.18. The standard InChI is InChI=1S/C21H23F3N8O5/c22-21(23,24)10-4-2-1-3-9(10)16(35)28-12-8-32-18(26)27-11(7-31-13(33)5-6-14(31)34)15-19(32,20(12,36)37)30-17(25)29-15/h1-4,11-12,15,36-37H,5-8H2,(H6,25,26,27,28,29,30,35)/p+1/t11-,12?,15-,19-/m0/s1. The summed E-state index contributed by atoms with van der Waals surface area (Å²) >= 11 is 0. The zero-order valence-corrected chi connectivity index (χ0v) is 19.1. The lowest BCUT2D eigenvalue weighted by Crippen LogP contribution is -2.79. The van der Waals surface area contributed by atoms with Crippen molar-refractivity contribution in [2.45, 2.75) is 48.6 Å². The lowest BCUT2D eigenvalue weighted by molar-refractivity contribution is -0.623. The summed E-state index contributed by atoms with van der Waals surface area (Å²) in [7, 11) is 0. The minimum Gasteiger partial charge on any atom is -0.370 e. The Hall–Kier alpha value is -3.92. The number of amides is 3. The third-order valence-corrected chi connectivity index (χ3v) is 7.18. The lowest BCUT2D eigenvalue weighted by Gasteiger charge is -2.44. The molecular formula is C21H24F3N8O5+. The van der Waals surface area contributed by atoms with Gasteiger partial charge >= 0.3 is 12.1 Å². The first-order valence-electron chi connectivity index (χ1n) is 11.3. The molecule has 1 unspecified atom stereocenters. The lowest BCUT2D eigenvalue weighted by atomic mass is 9.85. The molecule has 3 amide bonds. The highest BCUT2D eigenvalue weighted by Gasteiger charge is 2.75. The number of likely N-dealkylation sites (tertiary alicyclic amines) is 1. The van der Waals surface area contributed by atoms with E-state index in [9.17, 15) is 37.8 Å². The number of nitrogens with two attached hydrogens (primary N) is 2. The van der Waals surface area contributed by atoms with E-state index in [1.165, 1.54) is 10.6 Å². The molecule has 198 valence electrons. The second kappa shape index (κ2) is 8.04. The predicted octanol–water partition coefficient (Wildman–Crippen LogP) is -3.07. The molecule has 13 nitrogen and oxygen atoms in total. The summed E-state index contributed by atoms with van der Waals surface area (Å²) in [5.74, 6) is -5.22. The Morgan fingerprint density at radius 1 is 1.22 bits per heavy atom. The highest BCUT2D eigenvalue weighted by atomic mass is 19.4. The highest BCUT2D eigenvalue weighted by molar-refractivity contribution is 6.02. The molecule has 2 saturated heterocycles. The van der Waals surface area contributed by atoms with Crippen LogP contribution >= 0.6 is 0 Å². The Morgan fingerprint density at radius 2 is 1.86 bits per heavy atom. The fourth-order valence-corrected chi connectivity index (χ4v) is 5.50. The summed E-state index contributed by atoms with van der Waals surface area (Å²) in [6.07, 6.45) is -4.75. The minimum absolute atomic E-state index is 0.0355. The van der Waals surface area contributed by atoms with E-state index in [-0.39, 0.29) is 37.9 Å². The van der Waals surface area contributed by atoms with Gasteiger partial charge in [0, 0.05) is 12.8 Å². The number of rotatable bonds is 4. The molecule has 0 aliphatic carbocycles. The number of alkyl halides is 3. The van der Waals surface area contributed by atoms with Crippen molar-refractivity contribution < 1.29 is 42.3 Å². The van der Waals surface area contributed by atoms with Crippen molar-refractivity contribution >= 4 is 29.6 Å². The van der Waals surface area contributed by atoms with Crippen LogP contribution in [0.3, 0.4) is 0 Å². The van der Waals surface area contributed by atoms with Gasteiger partial charge in [-0.05, 0) is 12.1 Å². The largest absolute Gasteiger partial charge is 0.417 e. The molecule has 4 aliphatic rings. The van der Waals surface area contributed by atoms with Gasteiger partial charge in [0.25, 0.3) is 5.91 Å². The van der Waals surface area contributed by atoms with E-state index in [1.807, 2.05) is 0 Å². The van der Waals surface area contributed by atoms with Crippen LogP contribution in [0.4, 0.5) is 13.2 Å². The van der Waals surface area contributed by atoms with Crippen molar-refractivity contribution in [2.75, 3.05) is 13.1 Å². The van der Waals surface area contributed by atoms with E-state index in [4.69, 9.17) is 11.5 Å². The predicted molar refractivity (Wildman–Crippen MR) is 118 cm³/mol. The average Bonchev–Trinajstić information content (AvgIpc) is 3.41. The van der Waals surface area contributed by atoms with Gasteiger partial charge in [0.2, 0.25) is 23.3 Å². The molecule has 4 aliphatic heterocycles. The van der Waals surface area contributed by atoms with Gasteiger partial charge in [-0.2, -0.15) is 13.2 Å². The Balaban J connectivity index is 1.48. The Bertz CT molecular complexity index is 1250. The summed E-state index contributed by atoms with van der Waals surface area (Å²) in [4.78, 5) is 42.5. The van der Waals surface area contributed by atoms with Gasteiger partial charge in [-0.1, -0.05) is 12.1 Å². The number of carbonyl (C=O) groups is 3. The van der Waals surface area contributed by atoms with Gasteiger partial charge in [0.1, 0.15) is 18.1 Å². The molecule has 1 aromatic carbocycles. The third kappa shape index (κ3) is 3.58. The molecule has 16 heteroatoms. The van der Waals surface area contributed by atoms with Gasteiger partial charge in [0.15, 0.2) is 5.96 Å². The molecular weight excluding hydrogens is 501 g/mol. The summed E-state index contributed by atoms with van der Waals surface area (Å²) in [5, 5.41) is 30.7. The number of imide groups is 1. The number of nitrogens with zero attached hydrogens (tertiary/aromatic N) is 3. The van der Waals surface area contributed by atoms with Crippen molar-refractivity contribution in [3.8, 4) is 0 Å². The van der Waals surface area contributed by atoms with Gasteiger partial charge in [-0.25, -0.2) is 9.57 Å². The molecule has 0 radical (unpaired) electrons. The SMILES string of the molecule is NC1=N[C@H]2[C@H](CN3C(=O)CCC3=O)NC(N)=[N+]3CC(NC(=O)c4ccccc4C(F)(F)F)C(O)(O)[C@]23N1. The van der Waals surface area contributed by atoms with Crippen LogP contribution in [-0.4, -0.2) is 92.0 Å². The van der Waals surface area contributed by atoms with Crippen molar-refractivity contribution in [1.82, 2.24) is 20.9 Å². The Kier molecular flexibility index (Phi) is 5.38. The molecule has 2 fully saturated rings. The van der Waals surface area contributed by atoms with Gasteiger partial charge in [-0.15, -0.1) is 0 Å². The van der Waals surface area contributed by atoms with Crippen LogP contribution in [0.1, 0.15) is 28.8 Å². The maximum Gasteiger partial charge on any atom is 0.417 e. The summed E-state index contributed by atoms with van der Waals surface area (Å²) in [6.45, 7) is -0.560. The quantitative estimate of drug-likeness (QED) is 0.121. The molecule has 5 rings (SSSR count). The number of hydrogen-bond donors (Lipinski definition) is 7. The fourth-order valence-electron chi connectivity index (χ4n) is 5.50. The van der Waals surface area contributed by atoms with Crippen LogP contribution < -0.4 is 27.4 Å². The van der Waals surface area contributed by atoms with E-state index in [0.717, 1.165) is 23.1 Å². The molecule has 1 spiro atoms. The van der Waals surface area contributed by atoms with Crippen LogP contribution in [-0.2, 0) is 15.8 Å². The fraction of sp³-hybridized carbons (Fsp3) is 0.476. The van der Waals surface area contributed by atoms with Crippen molar-refractivity contribution in [2.24, 2.45) is 16.5 Å². The van der Waals surface area contributed by atoms with Crippen LogP contribution in [0.15, 0.2) is 29.3 Å². The first kappa shape index (κ1) is 24.8. The average molecular weight is 525 g/mol. The van der Waals surface area contributed by atoms with E-state index >= 15 is 0 Å². The Morgan fingerprint density at radius 3 is 2.51 bits per heavy atom. The summed E-state index contributed by atoms with van der Waals surface area (Å²) < 4.78 is 41.6. The van der Waals surface area contributed by atoms with E-state index < -0.39 is 64.6 Å². The Labute approximate surface area is 207 Å². The van der Waals surface area contributed by atoms with Gasteiger partial charge < -0.3 is 26.6 Å². The second-order valence-electron chi connectivity index (χ2n) is 9.29. The zero-order valence-electron chi connectivity index (χ0n) is 19.1. The molecule has 0 saturated carbocycles. The van der Waals surface area contributed by atoms with Crippen LogP contribution in [0.5, 0.6) is 0 Å². The monoisotopic (exact) mass is 525 g/mol. The zero-order chi connectivity index (χ0) is 26.9. The van der Waals surface area contributed by atoms with E-state index in [0.29, 0.717) is 0 Å². The van der Waals surface area contributed by atoms with Gasteiger partial charge in [0.05, 0.1) is 24.2 Å². The molecule has 4 heterocycles. The summed E-state index contributed by atoms with van der Waals surface area (Å²) in [6, 6.07) is 0.467.